The Morgan fingerprint density at radius 2 is 1.76 bits per heavy atom. The van der Waals surface area contributed by atoms with Crippen LogP contribution < -0.4 is 5.73 Å². The van der Waals surface area contributed by atoms with Gasteiger partial charge in [0.25, 0.3) is 0 Å². The molecule has 17 heavy (non-hydrogen) atoms. The Kier molecular flexibility index (Phi) is 3.78. The van der Waals surface area contributed by atoms with Crippen LogP contribution in [0.2, 0.25) is 0 Å². The average molecular weight is 261 g/mol. The lowest BCUT2D eigenvalue weighted by molar-refractivity contribution is -0.154. The Hall–Kier alpha value is -0.750. The summed E-state index contributed by atoms with van der Waals surface area (Å²) in [6.45, 7) is 5.20. The highest BCUT2D eigenvalue weighted by Gasteiger charge is 2.65. The number of carbonyl (C=O) groups is 2. The van der Waals surface area contributed by atoms with Crippen molar-refractivity contribution >= 4 is 23.7 Å². The van der Waals surface area contributed by atoms with Crippen molar-refractivity contribution in [2.75, 3.05) is 0 Å². The second-order valence-corrected chi connectivity index (χ2v) is 5.98. The molecule has 1 aliphatic heterocycles. The first kappa shape index (κ1) is 14.3. The number of aliphatic carboxylic acids is 2. The highest BCUT2D eigenvalue weighted by molar-refractivity contribution is 8.02. The Morgan fingerprint density at radius 3 is 1.94 bits per heavy atom. The van der Waals surface area contributed by atoms with Gasteiger partial charge in [-0.2, -0.15) is 0 Å². The van der Waals surface area contributed by atoms with Crippen LogP contribution in [0, 0.1) is 11.3 Å². The Morgan fingerprint density at radius 1 is 1.24 bits per heavy atom. The minimum absolute atomic E-state index is 0.340. The topological polar surface area (TPSA) is 101 Å². The fraction of sp³-hybridized carbons (Fsp3) is 0.818. The van der Waals surface area contributed by atoms with Gasteiger partial charge in [-0.05, 0) is 18.8 Å². The quantitative estimate of drug-likeness (QED) is 0.706. The van der Waals surface area contributed by atoms with Gasteiger partial charge in [0.05, 0.1) is 10.8 Å². The molecule has 0 bridgehead atoms. The molecule has 1 heterocycles. The van der Waals surface area contributed by atoms with E-state index in [2.05, 4.69) is 0 Å². The van der Waals surface area contributed by atoms with Gasteiger partial charge in [0, 0.05) is 0 Å². The molecule has 98 valence electrons. The molecular formula is C11H19NO4S. The van der Waals surface area contributed by atoms with E-state index in [4.69, 9.17) is 5.73 Å². The third-order valence-electron chi connectivity index (χ3n) is 4.19. The van der Waals surface area contributed by atoms with Crippen LogP contribution in [0.4, 0.5) is 0 Å². The van der Waals surface area contributed by atoms with Crippen molar-refractivity contribution in [2.45, 2.75) is 43.7 Å². The van der Waals surface area contributed by atoms with E-state index in [0.717, 1.165) is 11.8 Å². The summed E-state index contributed by atoms with van der Waals surface area (Å²) >= 11 is 1.09. The lowest BCUT2D eigenvalue weighted by atomic mass is 9.68. The van der Waals surface area contributed by atoms with Crippen molar-refractivity contribution in [1.29, 1.82) is 0 Å². The highest BCUT2D eigenvalue weighted by Crippen LogP contribution is 2.59. The molecule has 6 heteroatoms. The molecule has 1 rings (SSSR count). The van der Waals surface area contributed by atoms with Crippen molar-refractivity contribution in [3.05, 3.63) is 0 Å². The molecule has 5 nitrogen and oxygen atoms in total. The molecule has 1 saturated heterocycles. The fourth-order valence-corrected chi connectivity index (χ4v) is 4.66. The van der Waals surface area contributed by atoms with Gasteiger partial charge in [-0.1, -0.05) is 20.8 Å². The highest BCUT2D eigenvalue weighted by atomic mass is 32.2. The van der Waals surface area contributed by atoms with Gasteiger partial charge in [0.1, 0.15) is 4.75 Å². The Labute approximate surface area is 105 Å². The van der Waals surface area contributed by atoms with Crippen molar-refractivity contribution in [1.82, 2.24) is 0 Å². The SMILES string of the molecule is CCC1(C(=O)O)SC(N)C(CC)(C(=O)O)C1C. The van der Waals surface area contributed by atoms with Crippen molar-refractivity contribution < 1.29 is 19.8 Å². The largest absolute Gasteiger partial charge is 0.481 e. The molecule has 0 radical (unpaired) electrons. The van der Waals surface area contributed by atoms with Gasteiger partial charge in [0.2, 0.25) is 0 Å². The Balaban J connectivity index is 3.32. The van der Waals surface area contributed by atoms with Crippen molar-refractivity contribution in [3.63, 3.8) is 0 Å². The van der Waals surface area contributed by atoms with Crippen molar-refractivity contribution in [2.24, 2.45) is 17.1 Å². The average Bonchev–Trinajstić information content (AvgIpc) is 2.48. The third kappa shape index (κ3) is 1.65. The first-order valence-corrected chi connectivity index (χ1v) is 6.57. The fourth-order valence-electron chi connectivity index (χ4n) is 2.84. The number of hydrogen-bond acceptors (Lipinski definition) is 4. The molecule has 0 amide bonds. The number of rotatable bonds is 4. The van der Waals surface area contributed by atoms with Gasteiger partial charge in [-0.3, -0.25) is 9.59 Å². The first-order valence-electron chi connectivity index (χ1n) is 5.69. The summed E-state index contributed by atoms with van der Waals surface area (Å²) in [5.41, 5.74) is 4.77. The van der Waals surface area contributed by atoms with Crippen LogP contribution in [-0.4, -0.2) is 32.3 Å². The van der Waals surface area contributed by atoms with E-state index in [1.807, 2.05) is 0 Å². The van der Waals surface area contributed by atoms with Gasteiger partial charge in [0.15, 0.2) is 0 Å². The molecule has 4 atom stereocenters. The van der Waals surface area contributed by atoms with Crippen LogP contribution >= 0.6 is 11.8 Å². The predicted molar refractivity (Wildman–Crippen MR) is 65.7 cm³/mol. The standard InChI is InChI=1S/C11H19NO4S/c1-4-10(8(13)14)6(3)11(5-2,9(15)16)17-7(10)12/h6-7H,4-5,12H2,1-3H3,(H,13,14)(H,15,16). The molecule has 1 fully saturated rings. The summed E-state index contributed by atoms with van der Waals surface area (Å²) < 4.78 is -1.09. The summed E-state index contributed by atoms with van der Waals surface area (Å²) in [4.78, 5) is 23.0. The molecule has 0 saturated carbocycles. The number of carboxylic acids is 2. The maximum Gasteiger partial charge on any atom is 0.320 e. The minimum Gasteiger partial charge on any atom is -0.481 e. The van der Waals surface area contributed by atoms with E-state index in [-0.39, 0.29) is 0 Å². The van der Waals surface area contributed by atoms with E-state index in [1.54, 1.807) is 20.8 Å². The van der Waals surface area contributed by atoms with Crippen molar-refractivity contribution in [3.8, 4) is 0 Å². The van der Waals surface area contributed by atoms with E-state index in [1.165, 1.54) is 0 Å². The molecule has 0 spiro atoms. The summed E-state index contributed by atoms with van der Waals surface area (Å²) in [5.74, 6) is -2.46. The van der Waals surface area contributed by atoms with Gasteiger partial charge < -0.3 is 15.9 Å². The lowest BCUT2D eigenvalue weighted by Gasteiger charge is -2.34. The Bertz CT molecular complexity index is 348. The number of nitrogens with two attached hydrogens (primary N) is 1. The lowest BCUT2D eigenvalue weighted by Crippen LogP contribution is -2.49. The molecule has 0 aromatic rings. The van der Waals surface area contributed by atoms with Crippen LogP contribution in [0.1, 0.15) is 33.6 Å². The zero-order chi connectivity index (χ0) is 13.4. The normalized spacial score (nSPS) is 41.4. The van der Waals surface area contributed by atoms with Crippen LogP contribution in [0.5, 0.6) is 0 Å². The van der Waals surface area contributed by atoms with Gasteiger partial charge >= 0.3 is 11.9 Å². The number of thioether (sulfide) groups is 1. The van der Waals surface area contributed by atoms with E-state index in [9.17, 15) is 19.8 Å². The predicted octanol–water partition coefficient (Wildman–Crippen LogP) is 1.37. The molecular weight excluding hydrogens is 242 g/mol. The molecule has 4 unspecified atom stereocenters. The number of carboxylic acid groups (broad SMARTS) is 2. The maximum absolute atomic E-state index is 11.5. The van der Waals surface area contributed by atoms with Crippen LogP contribution in [0.15, 0.2) is 0 Å². The summed E-state index contributed by atoms with van der Waals surface area (Å²) in [6.07, 6.45) is 0.712. The zero-order valence-electron chi connectivity index (χ0n) is 10.3. The molecule has 1 aliphatic rings. The molecule has 0 aliphatic carbocycles. The summed E-state index contributed by atoms with van der Waals surface area (Å²) in [5, 5.41) is 18.1. The summed E-state index contributed by atoms with van der Waals surface area (Å²) in [6, 6.07) is 0. The minimum atomic E-state index is -1.15. The van der Waals surface area contributed by atoms with E-state index >= 15 is 0 Å². The second-order valence-electron chi connectivity index (χ2n) is 4.51. The van der Waals surface area contributed by atoms with Crippen LogP contribution in [0.3, 0.4) is 0 Å². The summed E-state index contributed by atoms with van der Waals surface area (Å²) in [7, 11) is 0. The number of hydrogen-bond donors (Lipinski definition) is 3. The van der Waals surface area contributed by atoms with Gasteiger partial charge in [-0.15, -0.1) is 11.8 Å². The van der Waals surface area contributed by atoms with E-state index < -0.39 is 33.4 Å². The third-order valence-corrected chi connectivity index (χ3v) is 6.10. The molecule has 0 aromatic heterocycles. The molecule has 0 aromatic carbocycles. The zero-order valence-corrected chi connectivity index (χ0v) is 11.1. The maximum atomic E-state index is 11.5. The second kappa shape index (κ2) is 4.49. The van der Waals surface area contributed by atoms with E-state index in [0.29, 0.717) is 12.8 Å². The van der Waals surface area contributed by atoms with Gasteiger partial charge in [-0.25, -0.2) is 0 Å². The van der Waals surface area contributed by atoms with Crippen LogP contribution in [-0.2, 0) is 9.59 Å². The smallest absolute Gasteiger partial charge is 0.320 e. The first-order chi connectivity index (χ1) is 7.79. The molecule has 4 N–H and O–H groups in total. The monoisotopic (exact) mass is 261 g/mol. The van der Waals surface area contributed by atoms with Crippen LogP contribution in [0.25, 0.3) is 0 Å².